The normalized spacial score (nSPS) is 42.4. The fraction of sp³-hybridized carbons (Fsp3) is 1.00. The van der Waals surface area contributed by atoms with Crippen LogP contribution in [-0.4, -0.2) is 20.2 Å². The molecule has 0 spiro atoms. The summed E-state index contributed by atoms with van der Waals surface area (Å²) < 4.78 is 27.2. The van der Waals surface area contributed by atoms with E-state index in [1.165, 1.54) is 32.1 Å². The van der Waals surface area contributed by atoms with E-state index in [2.05, 4.69) is 4.72 Å². The summed E-state index contributed by atoms with van der Waals surface area (Å²) in [5.74, 6) is 3.40. The van der Waals surface area contributed by atoms with Crippen LogP contribution in [0.1, 0.15) is 51.9 Å². The van der Waals surface area contributed by atoms with E-state index in [0.717, 1.165) is 24.7 Å². The van der Waals surface area contributed by atoms with Crippen LogP contribution in [0, 0.1) is 23.7 Å². The van der Waals surface area contributed by atoms with Crippen molar-refractivity contribution in [3.63, 3.8) is 0 Å². The molecular weight excluding hydrogens is 246 g/mol. The zero-order valence-electron chi connectivity index (χ0n) is 11.3. The molecule has 0 heterocycles. The Morgan fingerprint density at radius 2 is 1.56 bits per heavy atom. The molecule has 0 amide bonds. The minimum Gasteiger partial charge on any atom is -0.212 e. The van der Waals surface area contributed by atoms with Crippen LogP contribution in [0.4, 0.5) is 0 Å². The maximum absolute atomic E-state index is 12.1. The van der Waals surface area contributed by atoms with Gasteiger partial charge >= 0.3 is 0 Å². The van der Waals surface area contributed by atoms with Gasteiger partial charge in [0.05, 0.1) is 5.75 Å². The van der Waals surface area contributed by atoms with Crippen molar-refractivity contribution >= 4 is 10.0 Å². The van der Waals surface area contributed by atoms with Crippen molar-refractivity contribution in [1.82, 2.24) is 4.72 Å². The van der Waals surface area contributed by atoms with E-state index in [-0.39, 0.29) is 6.04 Å². The summed E-state index contributed by atoms with van der Waals surface area (Å²) in [6.45, 7) is 2.04. The van der Waals surface area contributed by atoms with Gasteiger partial charge in [0.1, 0.15) is 0 Å². The monoisotopic (exact) mass is 271 g/mol. The van der Waals surface area contributed by atoms with Gasteiger partial charge in [-0.1, -0.05) is 13.3 Å². The Kier molecular flexibility index (Phi) is 3.43. The summed E-state index contributed by atoms with van der Waals surface area (Å²) in [6, 6.07) is 0.264. The quantitative estimate of drug-likeness (QED) is 0.835. The summed E-state index contributed by atoms with van der Waals surface area (Å²) in [4.78, 5) is 0. The summed E-state index contributed by atoms with van der Waals surface area (Å²) in [6.07, 6.45) is 8.23. The summed E-state index contributed by atoms with van der Waals surface area (Å²) in [5, 5.41) is 0. The first-order valence-corrected chi connectivity index (χ1v) is 9.22. The molecule has 4 rings (SSSR count). The van der Waals surface area contributed by atoms with Crippen molar-refractivity contribution in [2.24, 2.45) is 23.7 Å². The predicted octanol–water partition coefficient (Wildman–Crippen LogP) is 2.53. The Morgan fingerprint density at radius 3 is 2.06 bits per heavy atom. The highest BCUT2D eigenvalue weighted by atomic mass is 32.2. The van der Waals surface area contributed by atoms with Crippen molar-refractivity contribution in [2.45, 2.75) is 57.9 Å². The third-order valence-corrected chi connectivity index (χ3v) is 6.77. The molecule has 4 fully saturated rings. The number of hydrogen-bond acceptors (Lipinski definition) is 2. The predicted molar refractivity (Wildman–Crippen MR) is 72.7 cm³/mol. The molecule has 0 saturated heterocycles. The van der Waals surface area contributed by atoms with Gasteiger partial charge in [-0.05, 0) is 62.2 Å². The van der Waals surface area contributed by atoms with Gasteiger partial charge in [-0.25, -0.2) is 13.1 Å². The molecule has 4 aliphatic carbocycles. The van der Waals surface area contributed by atoms with Gasteiger partial charge in [-0.15, -0.1) is 0 Å². The Bertz CT molecular complexity index is 376. The van der Waals surface area contributed by atoms with Gasteiger partial charge in [-0.3, -0.25) is 0 Å². The van der Waals surface area contributed by atoms with E-state index in [1.807, 2.05) is 6.92 Å². The van der Waals surface area contributed by atoms with Crippen molar-refractivity contribution in [1.29, 1.82) is 0 Å². The second-order valence-corrected chi connectivity index (χ2v) is 8.62. The first-order valence-electron chi connectivity index (χ1n) is 7.57. The van der Waals surface area contributed by atoms with Crippen LogP contribution in [0.25, 0.3) is 0 Å². The molecule has 1 N–H and O–H groups in total. The molecular formula is C14H25NO2S. The summed E-state index contributed by atoms with van der Waals surface area (Å²) in [7, 11) is -3.04. The number of sulfonamides is 1. The van der Waals surface area contributed by atoms with Gasteiger partial charge in [0, 0.05) is 6.04 Å². The average molecular weight is 271 g/mol. The van der Waals surface area contributed by atoms with Crippen LogP contribution < -0.4 is 4.72 Å². The van der Waals surface area contributed by atoms with Crippen LogP contribution in [0.15, 0.2) is 0 Å². The molecule has 4 aliphatic rings. The lowest BCUT2D eigenvalue weighted by Gasteiger charge is -2.54. The van der Waals surface area contributed by atoms with Gasteiger partial charge in [0.25, 0.3) is 0 Å². The minimum absolute atomic E-state index is 0.264. The van der Waals surface area contributed by atoms with Crippen molar-refractivity contribution in [2.75, 3.05) is 5.75 Å². The molecule has 3 nitrogen and oxygen atoms in total. The maximum Gasteiger partial charge on any atom is 0.211 e. The molecule has 0 aliphatic heterocycles. The SMILES string of the molecule is CCCCS(=O)(=O)NC1C2CC3CC(C2)CC1C3. The summed E-state index contributed by atoms with van der Waals surface area (Å²) >= 11 is 0. The van der Waals surface area contributed by atoms with E-state index < -0.39 is 10.0 Å². The Hall–Kier alpha value is -0.0900. The van der Waals surface area contributed by atoms with E-state index in [4.69, 9.17) is 0 Å². The average Bonchev–Trinajstić information content (AvgIpc) is 2.30. The molecule has 18 heavy (non-hydrogen) atoms. The van der Waals surface area contributed by atoms with Crippen LogP contribution >= 0.6 is 0 Å². The third kappa shape index (κ3) is 2.46. The lowest BCUT2D eigenvalue weighted by atomic mass is 9.54. The van der Waals surface area contributed by atoms with Crippen LogP contribution in [0.5, 0.6) is 0 Å². The molecule has 4 saturated carbocycles. The number of hydrogen-bond donors (Lipinski definition) is 1. The molecule has 4 heteroatoms. The topological polar surface area (TPSA) is 46.2 Å². The number of rotatable bonds is 5. The van der Waals surface area contributed by atoms with E-state index >= 15 is 0 Å². The van der Waals surface area contributed by atoms with E-state index in [9.17, 15) is 8.42 Å². The smallest absolute Gasteiger partial charge is 0.211 e. The fourth-order valence-corrected chi connectivity index (χ4v) is 6.30. The highest BCUT2D eigenvalue weighted by Crippen LogP contribution is 2.53. The second-order valence-electron chi connectivity index (χ2n) is 6.75. The molecule has 104 valence electrons. The first kappa shape index (κ1) is 12.9. The van der Waals surface area contributed by atoms with E-state index in [0.29, 0.717) is 17.6 Å². The zero-order valence-corrected chi connectivity index (χ0v) is 12.1. The molecule has 0 atom stereocenters. The first-order chi connectivity index (χ1) is 8.57. The Labute approximate surface area is 111 Å². The largest absolute Gasteiger partial charge is 0.212 e. The Balaban J connectivity index is 1.66. The highest BCUT2D eigenvalue weighted by Gasteiger charge is 2.49. The van der Waals surface area contributed by atoms with Gasteiger partial charge < -0.3 is 0 Å². The lowest BCUT2D eigenvalue weighted by molar-refractivity contribution is -0.00557. The van der Waals surface area contributed by atoms with Gasteiger partial charge in [0.2, 0.25) is 10.0 Å². The molecule has 0 unspecified atom stereocenters. The zero-order chi connectivity index (χ0) is 12.8. The minimum atomic E-state index is -3.04. The third-order valence-electron chi connectivity index (χ3n) is 5.31. The van der Waals surface area contributed by atoms with Crippen molar-refractivity contribution in [3.8, 4) is 0 Å². The second kappa shape index (κ2) is 4.78. The highest BCUT2D eigenvalue weighted by molar-refractivity contribution is 7.89. The standard InChI is InChI=1S/C14H25NO2S/c1-2-3-4-18(16,17)15-14-12-6-10-5-11(8-12)9-13(14)7-10/h10-15H,2-9H2,1H3. The maximum atomic E-state index is 12.1. The van der Waals surface area contributed by atoms with Crippen molar-refractivity contribution in [3.05, 3.63) is 0 Å². The number of unbranched alkanes of at least 4 members (excludes halogenated alkanes) is 1. The molecule has 0 aromatic rings. The molecule has 0 aromatic carbocycles. The van der Waals surface area contributed by atoms with Crippen molar-refractivity contribution < 1.29 is 8.42 Å². The summed E-state index contributed by atoms with van der Waals surface area (Å²) in [5.41, 5.74) is 0. The van der Waals surface area contributed by atoms with Gasteiger partial charge in [0.15, 0.2) is 0 Å². The Morgan fingerprint density at radius 1 is 1.00 bits per heavy atom. The van der Waals surface area contributed by atoms with Crippen LogP contribution in [-0.2, 0) is 10.0 Å². The van der Waals surface area contributed by atoms with Crippen LogP contribution in [0.3, 0.4) is 0 Å². The molecule has 0 radical (unpaired) electrons. The van der Waals surface area contributed by atoms with Gasteiger partial charge in [-0.2, -0.15) is 0 Å². The fourth-order valence-electron chi connectivity index (χ4n) is 4.72. The van der Waals surface area contributed by atoms with Crippen LogP contribution in [0.2, 0.25) is 0 Å². The number of nitrogens with one attached hydrogen (secondary N) is 1. The molecule has 4 bridgehead atoms. The lowest BCUT2D eigenvalue weighted by Crippen LogP contribution is -2.56. The van der Waals surface area contributed by atoms with E-state index in [1.54, 1.807) is 0 Å². The molecule has 0 aromatic heterocycles.